The van der Waals surface area contributed by atoms with Crippen molar-refractivity contribution in [2.75, 3.05) is 7.11 Å². The molecule has 22 heavy (non-hydrogen) atoms. The monoisotopic (exact) mass is 376 g/mol. The Morgan fingerprint density at radius 2 is 1.82 bits per heavy atom. The number of ether oxygens (including phenoxy) is 1. The summed E-state index contributed by atoms with van der Waals surface area (Å²) in [6.45, 7) is 4.67. The second kappa shape index (κ2) is 7.16. The van der Waals surface area contributed by atoms with Crippen molar-refractivity contribution >= 4 is 29.2 Å². The molecular formula is C18H21BrO2Si. The Hall–Kier alpha value is -1.52. The van der Waals surface area contributed by atoms with Crippen LogP contribution in [0, 0.1) is 0 Å². The molecule has 0 amide bonds. The molecule has 0 radical (unpaired) electrons. The van der Waals surface area contributed by atoms with E-state index in [9.17, 15) is 5.11 Å². The lowest BCUT2D eigenvalue weighted by Gasteiger charge is -2.18. The highest BCUT2D eigenvalue weighted by atomic mass is 79.9. The van der Waals surface area contributed by atoms with E-state index in [1.165, 1.54) is 5.19 Å². The van der Waals surface area contributed by atoms with E-state index in [-0.39, 0.29) is 5.75 Å². The number of hydrogen-bond acceptors (Lipinski definition) is 2. The van der Waals surface area contributed by atoms with Gasteiger partial charge in [-0.25, -0.2) is 0 Å². The maximum absolute atomic E-state index is 10.0. The fourth-order valence-electron chi connectivity index (χ4n) is 2.36. The van der Waals surface area contributed by atoms with Crippen LogP contribution in [0.1, 0.15) is 5.56 Å². The van der Waals surface area contributed by atoms with E-state index in [0.29, 0.717) is 10.2 Å². The number of aromatic hydroxyl groups is 1. The molecule has 0 fully saturated rings. The predicted molar refractivity (Wildman–Crippen MR) is 98.8 cm³/mol. The zero-order chi connectivity index (χ0) is 16.2. The molecule has 0 spiro atoms. The van der Waals surface area contributed by atoms with Gasteiger partial charge in [-0.3, -0.25) is 0 Å². The predicted octanol–water partition coefficient (Wildman–Crippen LogP) is 4.42. The van der Waals surface area contributed by atoms with Crippen LogP contribution in [0.25, 0.3) is 0 Å². The summed E-state index contributed by atoms with van der Waals surface area (Å²) in [5.41, 5.74) is 3.39. The van der Waals surface area contributed by atoms with Gasteiger partial charge < -0.3 is 9.84 Å². The molecule has 4 heteroatoms. The molecule has 0 aliphatic carbocycles. The van der Waals surface area contributed by atoms with Crippen molar-refractivity contribution in [1.29, 1.82) is 0 Å². The topological polar surface area (TPSA) is 29.5 Å². The highest BCUT2D eigenvalue weighted by Gasteiger charge is 2.19. The van der Waals surface area contributed by atoms with Crippen LogP contribution in [-0.4, -0.2) is 20.3 Å². The van der Waals surface area contributed by atoms with Crippen LogP contribution in [0.2, 0.25) is 13.1 Å². The van der Waals surface area contributed by atoms with Crippen molar-refractivity contribution in [3.8, 4) is 11.5 Å². The van der Waals surface area contributed by atoms with Crippen molar-refractivity contribution in [2.45, 2.75) is 19.5 Å². The molecule has 2 rings (SSSR count). The van der Waals surface area contributed by atoms with Crippen molar-refractivity contribution in [1.82, 2.24) is 0 Å². The molecule has 0 saturated heterocycles. The van der Waals surface area contributed by atoms with Crippen LogP contribution in [-0.2, 0) is 6.42 Å². The molecule has 2 nitrogen and oxygen atoms in total. The van der Waals surface area contributed by atoms with E-state index in [1.54, 1.807) is 13.2 Å². The van der Waals surface area contributed by atoms with Gasteiger partial charge in [0.2, 0.25) is 0 Å². The molecule has 0 heterocycles. The van der Waals surface area contributed by atoms with Gasteiger partial charge in [-0.05, 0) is 34.0 Å². The fourth-order valence-corrected chi connectivity index (χ4v) is 4.80. The van der Waals surface area contributed by atoms with E-state index in [2.05, 4.69) is 71.1 Å². The molecule has 2 aromatic carbocycles. The Morgan fingerprint density at radius 1 is 1.14 bits per heavy atom. The summed E-state index contributed by atoms with van der Waals surface area (Å²) in [4.78, 5) is 0. The quantitative estimate of drug-likeness (QED) is 0.782. The lowest BCUT2D eigenvalue weighted by Crippen LogP contribution is -2.39. The van der Waals surface area contributed by atoms with Crippen molar-refractivity contribution < 1.29 is 9.84 Å². The van der Waals surface area contributed by atoms with Crippen LogP contribution in [0.15, 0.2) is 58.7 Å². The number of allylic oxidation sites excluding steroid dienone is 1. The minimum Gasteiger partial charge on any atom is -0.503 e. The van der Waals surface area contributed by atoms with Crippen LogP contribution < -0.4 is 9.92 Å². The first kappa shape index (κ1) is 16.8. The second-order valence-electron chi connectivity index (χ2n) is 5.78. The van der Waals surface area contributed by atoms with Gasteiger partial charge in [-0.1, -0.05) is 66.5 Å². The van der Waals surface area contributed by atoms with Crippen LogP contribution in [0.5, 0.6) is 11.5 Å². The van der Waals surface area contributed by atoms with E-state index >= 15 is 0 Å². The zero-order valence-electron chi connectivity index (χ0n) is 13.1. The summed E-state index contributed by atoms with van der Waals surface area (Å²) in [6, 6.07) is 14.4. The molecular weight excluding hydrogens is 356 g/mol. The average Bonchev–Trinajstić information content (AvgIpc) is 2.52. The van der Waals surface area contributed by atoms with Crippen molar-refractivity contribution in [3.63, 3.8) is 0 Å². The van der Waals surface area contributed by atoms with E-state index in [4.69, 9.17) is 4.74 Å². The zero-order valence-corrected chi connectivity index (χ0v) is 15.7. The molecule has 0 atom stereocenters. The standard InChI is InChI=1S/C18H21BrO2Si/c1-21-16-12-11-14(17(19)18(16)20)8-7-13-22(2,3)15-9-5-4-6-10-15/h4-7,9-13,20H,8H2,1-3H3/b13-7-. The maximum Gasteiger partial charge on any atom is 0.172 e. The first-order valence-electron chi connectivity index (χ1n) is 7.23. The summed E-state index contributed by atoms with van der Waals surface area (Å²) >= 11 is 3.44. The molecule has 0 unspecified atom stereocenters. The number of phenols is 1. The first-order valence-corrected chi connectivity index (χ1v) is 11.1. The van der Waals surface area contributed by atoms with Gasteiger partial charge in [0, 0.05) is 0 Å². The number of phenolic OH excluding ortho intramolecular Hbond substituents is 1. The first-order chi connectivity index (χ1) is 10.5. The summed E-state index contributed by atoms with van der Waals surface area (Å²) in [6.07, 6.45) is 2.98. The van der Waals surface area contributed by atoms with E-state index < -0.39 is 8.07 Å². The molecule has 0 saturated carbocycles. The average molecular weight is 377 g/mol. The van der Waals surface area contributed by atoms with Gasteiger partial charge in [0.1, 0.15) is 8.07 Å². The van der Waals surface area contributed by atoms with Gasteiger partial charge in [0.05, 0.1) is 11.6 Å². The van der Waals surface area contributed by atoms with Gasteiger partial charge in [0.15, 0.2) is 11.5 Å². The van der Waals surface area contributed by atoms with Crippen LogP contribution in [0.3, 0.4) is 0 Å². The number of rotatable bonds is 5. The van der Waals surface area contributed by atoms with E-state index in [1.807, 2.05) is 6.07 Å². The number of hydrogen-bond donors (Lipinski definition) is 1. The summed E-state index contributed by atoms with van der Waals surface area (Å²) < 4.78 is 5.81. The SMILES string of the molecule is COc1ccc(C/C=C\[Si](C)(C)c2ccccc2)c(Br)c1O. The third-order valence-electron chi connectivity index (χ3n) is 3.77. The Morgan fingerprint density at radius 3 is 2.45 bits per heavy atom. The Kier molecular flexibility index (Phi) is 5.48. The van der Waals surface area contributed by atoms with Crippen LogP contribution >= 0.6 is 15.9 Å². The molecule has 0 aliphatic rings. The molecule has 2 aromatic rings. The maximum atomic E-state index is 10.0. The molecule has 116 valence electrons. The Labute approximate surface area is 141 Å². The minimum absolute atomic E-state index is 0.160. The van der Waals surface area contributed by atoms with Crippen molar-refractivity contribution in [2.24, 2.45) is 0 Å². The normalized spacial score (nSPS) is 11.8. The summed E-state index contributed by atoms with van der Waals surface area (Å²) in [7, 11) is -0.0145. The van der Waals surface area contributed by atoms with Gasteiger partial charge >= 0.3 is 0 Å². The number of halogens is 1. The van der Waals surface area contributed by atoms with Gasteiger partial charge in [0.25, 0.3) is 0 Å². The van der Waals surface area contributed by atoms with E-state index in [0.717, 1.165) is 12.0 Å². The highest BCUT2D eigenvalue weighted by Crippen LogP contribution is 2.36. The number of methoxy groups -OCH3 is 1. The smallest absolute Gasteiger partial charge is 0.172 e. The Balaban J connectivity index is 2.15. The Bertz CT molecular complexity index is 666. The molecule has 0 aliphatic heterocycles. The molecule has 0 aromatic heterocycles. The minimum atomic E-state index is -1.57. The third-order valence-corrected chi connectivity index (χ3v) is 7.54. The van der Waals surface area contributed by atoms with Gasteiger partial charge in [-0.2, -0.15) is 0 Å². The number of benzene rings is 2. The summed E-state index contributed by atoms with van der Waals surface area (Å²) in [5, 5.41) is 11.4. The fraction of sp³-hybridized carbons (Fsp3) is 0.222. The lowest BCUT2D eigenvalue weighted by molar-refractivity contribution is 0.371. The second-order valence-corrected chi connectivity index (χ2v) is 10.9. The largest absolute Gasteiger partial charge is 0.503 e. The van der Waals surface area contributed by atoms with Crippen LogP contribution in [0.4, 0.5) is 0 Å². The lowest BCUT2D eigenvalue weighted by atomic mass is 10.1. The van der Waals surface area contributed by atoms with Crippen molar-refractivity contribution in [3.05, 3.63) is 64.3 Å². The highest BCUT2D eigenvalue weighted by molar-refractivity contribution is 9.10. The van der Waals surface area contributed by atoms with Gasteiger partial charge in [-0.15, -0.1) is 0 Å². The summed E-state index contributed by atoms with van der Waals surface area (Å²) in [5.74, 6) is 0.645. The molecule has 1 N–H and O–H groups in total. The molecule has 0 bridgehead atoms. The third kappa shape index (κ3) is 3.81.